The first-order valence-electron chi connectivity index (χ1n) is 10.1. The lowest BCUT2D eigenvalue weighted by Crippen LogP contribution is -2.32. The average molecular weight is 452 g/mol. The van der Waals surface area contributed by atoms with Crippen LogP contribution in [0.3, 0.4) is 0 Å². The van der Waals surface area contributed by atoms with E-state index in [9.17, 15) is 9.59 Å². The number of aromatic nitrogens is 2. The zero-order chi connectivity index (χ0) is 22.5. The van der Waals surface area contributed by atoms with Crippen molar-refractivity contribution in [3.63, 3.8) is 0 Å². The number of benzene rings is 2. The lowest BCUT2D eigenvalue weighted by molar-refractivity contribution is -0.124. The number of oxazole rings is 1. The van der Waals surface area contributed by atoms with Crippen LogP contribution in [0, 0.1) is 0 Å². The van der Waals surface area contributed by atoms with Gasteiger partial charge >= 0.3 is 5.97 Å². The Hall–Kier alpha value is -3.72. The number of carbonyl (C=O) groups is 2. The average Bonchev–Trinajstić information content (AvgIpc) is 3.47. The maximum atomic E-state index is 12.7. The Morgan fingerprint density at radius 1 is 1.16 bits per heavy atom. The van der Waals surface area contributed by atoms with Gasteiger partial charge in [-0.3, -0.25) is 10.1 Å². The molecule has 0 radical (unpaired) electrons. The molecule has 2 aromatic heterocycles. The number of carbonyl (C=O) groups excluding carboxylic acids is 2. The number of amides is 1. The van der Waals surface area contributed by atoms with Gasteiger partial charge in [-0.15, -0.1) is 11.3 Å². The third-order valence-electron chi connectivity index (χ3n) is 4.67. The molecule has 8 nitrogen and oxygen atoms in total. The lowest BCUT2D eigenvalue weighted by Gasteiger charge is -2.15. The van der Waals surface area contributed by atoms with Gasteiger partial charge in [-0.25, -0.2) is 14.8 Å². The Labute approximate surface area is 188 Å². The molecule has 1 N–H and O–H groups in total. The van der Waals surface area contributed by atoms with E-state index in [1.165, 1.54) is 17.7 Å². The summed E-state index contributed by atoms with van der Waals surface area (Å²) in [4.78, 5) is 33.7. The van der Waals surface area contributed by atoms with Crippen LogP contribution in [0.15, 0.2) is 58.7 Å². The summed E-state index contributed by atoms with van der Waals surface area (Å²) in [6.45, 7) is 4.30. The molecule has 0 fully saturated rings. The first-order valence-corrected chi connectivity index (χ1v) is 11.0. The number of rotatable bonds is 8. The van der Waals surface area contributed by atoms with E-state index in [4.69, 9.17) is 13.9 Å². The Morgan fingerprint density at radius 2 is 1.97 bits per heavy atom. The highest BCUT2D eigenvalue weighted by atomic mass is 32.1. The normalized spacial score (nSPS) is 11.8. The fraction of sp³-hybridized carbons (Fsp3) is 0.217. The summed E-state index contributed by atoms with van der Waals surface area (Å²) in [5.41, 5.74) is 3.04. The first-order chi connectivity index (χ1) is 15.6. The molecule has 0 aliphatic carbocycles. The van der Waals surface area contributed by atoms with E-state index in [0.717, 1.165) is 17.0 Å². The molecule has 2 heterocycles. The number of fused-ring (bicyclic) bond motifs is 1. The minimum Gasteiger partial charge on any atom is -0.494 e. The maximum absolute atomic E-state index is 12.7. The van der Waals surface area contributed by atoms with Crippen LogP contribution in [0.1, 0.15) is 30.6 Å². The summed E-state index contributed by atoms with van der Waals surface area (Å²) in [6, 6.07) is 12.4. The fourth-order valence-electron chi connectivity index (χ4n) is 3.04. The zero-order valence-electron chi connectivity index (χ0n) is 17.5. The highest BCUT2D eigenvalue weighted by Gasteiger charge is 2.23. The lowest BCUT2D eigenvalue weighted by atomic mass is 10.2. The van der Waals surface area contributed by atoms with Gasteiger partial charge in [0.05, 0.1) is 17.9 Å². The molecule has 0 aliphatic heterocycles. The van der Waals surface area contributed by atoms with Gasteiger partial charge in [-0.05, 0) is 55.8 Å². The molecule has 0 bridgehead atoms. The molecule has 0 saturated heterocycles. The van der Waals surface area contributed by atoms with Crippen LogP contribution in [-0.2, 0) is 9.53 Å². The number of esters is 1. The molecule has 164 valence electrons. The van der Waals surface area contributed by atoms with Gasteiger partial charge in [-0.2, -0.15) is 0 Å². The van der Waals surface area contributed by atoms with Gasteiger partial charge in [0.15, 0.2) is 23.2 Å². The topological polar surface area (TPSA) is 104 Å². The van der Waals surface area contributed by atoms with Crippen LogP contribution in [0.4, 0.5) is 5.13 Å². The molecule has 4 aromatic rings. The van der Waals surface area contributed by atoms with E-state index in [1.54, 1.807) is 25.1 Å². The molecular formula is C23H21N3O5S. The van der Waals surface area contributed by atoms with Gasteiger partial charge < -0.3 is 13.9 Å². The van der Waals surface area contributed by atoms with Gasteiger partial charge in [-0.1, -0.05) is 6.92 Å². The quantitative estimate of drug-likeness (QED) is 0.379. The van der Waals surface area contributed by atoms with Crippen LogP contribution in [-0.4, -0.2) is 34.6 Å². The number of hydrogen-bond acceptors (Lipinski definition) is 8. The van der Waals surface area contributed by atoms with Gasteiger partial charge in [0.1, 0.15) is 11.3 Å². The highest BCUT2D eigenvalue weighted by molar-refractivity contribution is 7.14. The van der Waals surface area contributed by atoms with Crippen molar-refractivity contribution < 1.29 is 23.5 Å². The van der Waals surface area contributed by atoms with Crippen LogP contribution < -0.4 is 10.1 Å². The molecule has 1 atom stereocenters. The van der Waals surface area contributed by atoms with Crippen LogP contribution in [0.5, 0.6) is 5.75 Å². The van der Waals surface area contributed by atoms with Gasteiger partial charge in [0, 0.05) is 10.9 Å². The van der Waals surface area contributed by atoms with Crippen molar-refractivity contribution in [1.29, 1.82) is 0 Å². The molecule has 2 aromatic carbocycles. The van der Waals surface area contributed by atoms with E-state index in [0.29, 0.717) is 29.3 Å². The maximum Gasteiger partial charge on any atom is 0.339 e. The molecule has 0 aliphatic rings. The summed E-state index contributed by atoms with van der Waals surface area (Å²) < 4.78 is 16.1. The second kappa shape index (κ2) is 9.61. The van der Waals surface area contributed by atoms with E-state index >= 15 is 0 Å². The molecule has 0 spiro atoms. The third kappa shape index (κ3) is 4.78. The molecule has 4 rings (SSSR count). The highest BCUT2D eigenvalue weighted by Crippen LogP contribution is 2.27. The Kier molecular flexibility index (Phi) is 6.46. The van der Waals surface area contributed by atoms with Crippen molar-refractivity contribution in [2.45, 2.75) is 26.4 Å². The Morgan fingerprint density at radius 3 is 2.72 bits per heavy atom. The predicted molar refractivity (Wildman–Crippen MR) is 121 cm³/mol. The smallest absolute Gasteiger partial charge is 0.339 e. The number of nitrogens with one attached hydrogen (secondary N) is 1. The van der Waals surface area contributed by atoms with Crippen LogP contribution in [0.2, 0.25) is 0 Å². The number of hydrogen-bond donors (Lipinski definition) is 1. The van der Waals surface area contributed by atoms with E-state index in [-0.39, 0.29) is 5.56 Å². The summed E-state index contributed by atoms with van der Waals surface area (Å²) in [7, 11) is 0. The van der Waals surface area contributed by atoms with Crippen molar-refractivity contribution >= 4 is 39.4 Å². The molecular weight excluding hydrogens is 430 g/mol. The first kappa shape index (κ1) is 21.5. The second-order valence-corrected chi connectivity index (χ2v) is 7.68. The number of thiazole rings is 1. The molecule has 1 unspecified atom stereocenters. The summed E-state index contributed by atoms with van der Waals surface area (Å²) >= 11 is 1.30. The van der Waals surface area contributed by atoms with Gasteiger partial charge in [0.2, 0.25) is 0 Å². The fourth-order valence-corrected chi connectivity index (χ4v) is 3.76. The molecule has 0 saturated carbocycles. The minimum atomic E-state index is -0.953. The Balaban J connectivity index is 1.40. The van der Waals surface area contributed by atoms with Crippen LogP contribution >= 0.6 is 11.3 Å². The monoisotopic (exact) mass is 451 g/mol. The zero-order valence-corrected chi connectivity index (χ0v) is 18.3. The SMILES string of the molecule is CCOc1ccc(-c2csc(NC(=O)C(CC)OC(=O)c3ccc4ncoc4c3)n2)cc1. The Bertz CT molecular complexity index is 1230. The van der Waals surface area contributed by atoms with Crippen LogP contribution in [0.25, 0.3) is 22.4 Å². The number of anilines is 1. The van der Waals surface area contributed by atoms with Crippen molar-refractivity contribution in [3.8, 4) is 17.0 Å². The van der Waals surface area contributed by atoms with E-state index in [1.807, 2.05) is 36.6 Å². The van der Waals surface area contributed by atoms with Crippen molar-refractivity contribution in [3.05, 3.63) is 59.8 Å². The predicted octanol–water partition coefficient (Wildman–Crippen LogP) is 4.92. The van der Waals surface area contributed by atoms with E-state index < -0.39 is 18.0 Å². The van der Waals surface area contributed by atoms with Crippen molar-refractivity contribution in [1.82, 2.24) is 9.97 Å². The number of nitrogens with zero attached hydrogens (tertiary/aromatic N) is 2. The third-order valence-corrected chi connectivity index (χ3v) is 5.43. The largest absolute Gasteiger partial charge is 0.494 e. The standard InChI is InChI=1S/C23H21N3O5S/c1-3-19(31-22(28)15-7-10-17-20(11-15)30-13-24-17)21(27)26-23-25-18(12-32-23)14-5-8-16(9-6-14)29-4-2/h5-13,19H,3-4H2,1-2H3,(H,25,26,27). The van der Waals surface area contributed by atoms with Gasteiger partial charge in [0.25, 0.3) is 5.91 Å². The summed E-state index contributed by atoms with van der Waals surface area (Å²) in [5.74, 6) is -0.260. The number of ether oxygens (including phenoxy) is 2. The molecule has 1 amide bonds. The summed E-state index contributed by atoms with van der Waals surface area (Å²) in [5, 5.41) is 5.01. The van der Waals surface area contributed by atoms with E-state index in [2.05, 4.69) is 15.3 Å². The van der Waals surface area contributed by atoms with Crippen molar-refractivity contribution in [2.24, 2.45) is 0 Å². The molecule has 9 heteroatoms. The summed E-state index contributed by atoms with van der Waals surface area (Å²) in [6.07, 6.45) is 0.669. The van der Waals surface area contributed by atoms with Crippen molar-refractivity contribution in [2.75, 3.05) is 11.9 Å². The molecule has 32 heavy (non-hydrogen) atoms. The second-order valence-electron chi connectivity index (χ2n) is 6.82. The minimum absolute atomic E-state index is 0.285.